The molecule has 0 unspecified atom stereocenters. The molecule has 0 N–H and O–H groups in total. The van der Waals surface area contributed by atoms with E-state index in [2.05, 4.69) is 72.8 Å². The van der Waals surface area contributed by atoms with E-state index in [0.29, 0.717) is 13.2 Å². The van der Waals surface area contributed by atoms with Crippen LogP contribution in [0.25, 0.3) is 22.3 Å². The topological polar surface area (TPSA) is 18.5 Å². The standard InChI is InChI=1S/C28H26O2S/c1-3-29-25-17-9-5-13-21(25)23-15-7-11-19-27(23)31-28-20-12-8-16-24(28)22-14-6-10-18-26(22)30-4-2/h5-20H,3-4H2,1-2H3. The second kappa shape index (κ2) is 10.2. The van der Waals surface area contributed by atoms with Crippen LogP contribution in [-0.2, 0) is 0 Å². The van der Waals surface area contributed by atoms with E-state index in [4.69, 9.17) is 9.47 Å². The number of benzene rings is 4. The van der Waals surface area contributed by atoms with Gasteiger partial charge in [-0.15, -0.1) is 0 Å². The molecule has 0 fully saturated rings. The predicted octanol–water partition coefficient (Wildman–Crippen LogP) is 7.97. The predicted molar refractivity (Wildman–Crippen MR) is 130 cm³/mol. The maximum absolute atomic E-state index is 5.91. The summed E-state index contributed by atoms with van der Waals surface area (Å²) in [5.41, 5.74) is 4.56. The number of para-hydroxylation sites is 2. The molecule has 0 aliphatic heterocycles. The lowest BCUT2D eigenvalue weighted by Gasteiger charge is -2.16. The van der Waals surface area contributed by atoms with Gasteiger partial charge in [-0.3, -0.25) is 0 Å². The molecule has 0 radical (unpaired) electrons. The zero-order valence-electron chi connectivity index (χ0n) is 17.9. The van der Waals surface area contributed by atoms with Gasteiger partial charge in [0.25, 0.3) is 0 Å². The highest BCUT2D eigenvalue weighted by Gasteiger charge is 2.15. The van der Waals surface area contributed by atoms with E-state index in [9.17, 15) is 0 Å². The molecule has 156 valence electrons. The normalized spacial score (nSPS) is 10.6. The highest BCUT2D eigenvalue weighted by atomic mass is 32.2. The van der Waals surface area contributed by atoms with Crippen molar-refractivity contribution in [2.24, 2.45) is 0 Å². The van der Waals surface area contributed by atoms with Gasteiger partial charge >= 0.3 is 0 Å². The second-order valence-corrected chi connectivity index (χ2v) is 8.04. The van der Waals surface area contributed by atoms with Crippen molar-refractivity contribution in [3.63, 3.8) is 0 Å². The van der Waals surface area contributed by atoms with Gasteiger partial charge in [-0.1, -0.05) is 84.6 Å². The van der Waals surface area contributed by atoms with E-state index in [1.165, 1.54) is 20.9 Å². The van der Waals surface area contributed by atoms with Crippen molar-refractivity contribution in [2.45, 2.75) is 23.6 Å². The molecule has 0 saturated heterocycles. The molecule has 0 aliphatic carbocycles. The van der Waals surface area contributed by atoms with Gasteiger partial charge in [0.15, 0.2) is 0 Å². The summed E-state index contributed by atoms with van der Waals surface area (Å²) in [6.07, 6.45) is 0. The first-order chi connectivity index (χ1) is 15.3. The summed E-state index contributed by atoms with van der Waals surface area (Å²) in [5.74, 6) is 1.82. The molecule has 0 heterocycles. The maximum atomic E-state index is 5.91. The van der Waals surface area contributed by atoms with E-state index in [0.717, 1.165) is 22.6 Å². The van der Waals surface area contributed by atoms with Crippen LogP contribution in [0.15, 0.2) is 107 Å². The van der Waals surface area contributed by atoms with Crippen LogP contribution < -0.4 is 9.47 Å². The van der Waals surface area contributed by atoms with Gasteiger partial charge in [0.2, 0.25) is 0 Å². The Kier molecular flexibility index (Phi) is 6.96. The Labute approximate surface area is 188 Å². The molecule has 0 amide bonds. The summed E-state index contributed by atoms with van der Waals surface area (Å²) in [4.78, 5) is 2.38. The molecule has 0 aliphatic rings. The average Bonchev–Trinajstić information content (AvgIpc) is 2.81. The quantitative estimate of drug-likeness (QED) is 0.285. The summed E-state index contributed by atoms with van der Waals surface area (Å²) in [5, 5.41) is 0. The Morgan fingerprint density at radius 3 is 1.26 bits per heavy atom. The minimum atomic E-state index is 0.642. The lowest BCUT2D eigenvalue weighted by atomic mass is 10.0. The second-order valence-electron chi connectivity index (χ2n) is 6.95. The molecular weight excluding hydrogens is 400 g/mol. The largest absolute Gasteiger partial charge is 0.493 e. The van der Waals surface area contributed by atoms with Crippen LogP contribution in [0.2, 0.25) is 0 Å². The van der Waals surface area contributed by atoms with Crippen LogP contribution >= 0.6 is 11.8 Å². The Balaban J connectivity index is 1.77. The Bertz CT molecular complexity index is 1060. The lowest BCUT2D eigenvalue weighted by molar-refractivity contribution is 0.341. The Morgan fingerprint density at radius 1 is 0.484 bits per heavy atom. The fourth-order valence-electron chi connectivity index (χ4n) is 3.62. The van der Waals surface area contributed by atoms with Crippen LogP contribution in [0.5, 0.6) is 11.5 Å². The van der Waals surface area contributed by atoms with E-state index in [1.54, 1.807) is 11.8 Å². The number of ether oxygens (including phenoxy) is 2. The van der Waals surface area contributed by atoms with Gasteiger partial charge in [-0.2, -0.15) is 0 Å². The molecule has 4 aromatic rings. The summed E-state index contributed by atoms with van der Waals surface area (Å²) < 4.78 is 11.8. The molecule has 2 nitrogen and oxygen atoms in total. The first kappa shape index (κ1) is 21.1. The minimum Gasteiger partial charge on any atom is -0.493 e. The van der Waals surface area contributed by atoms with Crippen molar-refractivity contribution < 1.29 is 9.47 Å². The smallest absolute Gasteiger partial charge is 0.127 e. The summed E-state index contributed by atoms with van der Waals surface area (Å²) in [6.45, 7) is 5.32. The van der Waals surface area contributed by atoms with Crippen LogP contribution in [0.1, 0.15) is 13.8 Å². The van der Waals surface area contributed by atoms with E-state index in [-0.39, 0.29) is 0 Å². The Hall–Kier alpha value is -3.17. The van der Waals surface area contributed by atoms with Gasteiger partial charge in [0.05, 0.1) is 13.2 Å². The van der Waals surface area contributed by atoms with Crippen LogP contribution in [-0.4, -0.2) is 13.2 Å². The van der Waals surface area contributed by atoms with E-state index < -0.39 is 0 Å². The molecule has 0 saturated carbocycles. The third-order valence-electron chi connectivity index (χ3n) is 4.95. The van der Waals surface area contributed by atoms with Crippen LogP contribution in [0, 0.1) is 0 Å². The number of hydrogen-bond donors (Lipinski definition) is 0. The molecule has 4 rings (SSSR count). The highest BCUT2D eigenvalue weighted by molar-refractivity contribution is 7.99. The summed E-state index contributed by atoms with van der Waals surface area (Å²) >= 11 is 1.77. The van der Waals surface area contributed by atoms with Crippen molar-refractivity contribution in [1.29, 1.82) is 0 Å². The maximum Gasteiger partial charge on any atom is 0.127 e. The molecule has 0 aromatic heterocycles. The molecule has 0 spiro atoms. The summed E-state index contributed by atoms with van der Waals surface area (Å²) in [6, 6.07) is 33.5. The van der Waals surface area contributed by atoms with Gasteiger partial charge in [0, 0.05) is 20.9 Å². The fraction of sp³-hybridized carbons (Fsp3) is 0.143. The Morgan fingerprint density at radius 2 is 0.839 bits per heavy atom. The SMILES string of the molecule is CCOc1ccccc1-c1ccccc1Sc1ccccc1-c1ccccc1OCC. The third kappa shape index (κ3) is 4.78. The van der Waals surface area contributed by atoms with E-state index >= 15 is 0 Å². The van der Waals surface area contributed by atoms with Gasteiger partial charge in [0.1, 0.15) is 11.5 Å². The van der Waals surface area contributed by atoms with Gasteiger partial charge in [-0.05, 0) is 49.2 Å². The molecular formula is C28H26O2S. The number of hydrogen-bond acceptors (Lipinski definition) is 3. The van der Waals surface area contributed by atoms with Crippen molar-refractivity contribution in [2.75, 3.05) is 13.2 Å². The summed E-state index contributed by atoms with van der Waals surface area (Å²) in [7, 11) is 0. The highest BCUT2D eigenvalue weighted by Crippen LogP contribution is 2.44. The average molecular weight is 427 g/mol. The minimum absolute atomic E-state index is 0.642. The molecule has 3 heteroatoms. The zero-order valence-corrected chi connectivity index (χ0v) is 18.7. The fourth-order valence-corrected chi connectivity index (χ4v) is 4.72. The molecule has 0 bridgehead atoms. The monoisotopic (exact) mass is 426 g/mol. The van der Waals surface area contributed by atoms with Crippen molar-refractivity contribution in [3.05, 3.63) is 97.1 Å². The van der Waals surface area contributed by atoms with Crippen molar-refractivity contribution in [3.8, 4) is 33.8 Å². The first-order valence-electron chi connectivity index (χ1n) is 10.6. The molecule has 0 atom stereocenters. The van der Waals surface area contributed by atoms with E-state index in [1.807, 2.05) is 38.1 Å². The van der Waals surface area contributed by atoms with Crippen molar-refractivity contribution >= 4 is 11.8 Å². The lowest BCUT2D eigenvalue weighted by Crippen LogP contribution is -1.95. The van der Waals surface area contributed by atoms with Crippen LogP contribution in [0.3, 0.4) is 0 Å². The molecule has 31 heavy (non-hydrogen) atoms. The molecule has 4 aromatic carbocycles. The van der Waals surface area contributed by atoms with Gasteiger partial charge < -0.3 is 9.47 Å². The number of rotatable bonds is 8. The first-order valence-corrected chi connectivity index (χ1v) is 11.4. The third-order valence-corrected chi connectivity index (χ3v) is 6.10. The van der Waals surface area contributed by atoms with Crippen molar-refractivity contribution in [1.82, 2.24) is 0 Å². The van der Waals surface area contributed by atoms with Gasteiger partial charge in [-0.25, -0.2) is 0 Å². The van der Waals surface area contributed by atoms with Crippen LogP contribution in [0.4, 0.5) is 0 Å². The zero-order chi connectivity index (χ0) is 21.5.